The summed E-state index contributed by atoms with van der Waals surface area (Å²) in [5.74, 6) is -0.0432. The van der Waals surface area contributed by atoms with Crippen LogP contribution in [0.2, 0.25) is 10.0 Å². The second-order valence-corrected chi connectivity index (χ2v) is 3.41. The number of nitrogens with one attached hydrogen (secondary N) is 1. The molecule has 0 aliphatic carbocycles. The third-order valence-corrected chi connectivity index (χ3v) is 2.37. The molecule has 0 aliphatic rings. The lowest BCUT2D eigenvalue weighted by Crippen LogP contribution is -2.19. The van der Waals surface area contributed by atoms with E-state index in [2.05, 4.69) is 5.32 Å². The monoisotopic (exact) mass is 253 g/mol. The van der Waals surface area contributed by atoms with Gasteiger partial charge in [0.15, 0.2) is 0 Å². The Morgan fingerprint density at radius 2 is 2.00 bits per heavy atom. The van der Waals surface area contributed by atoms with Crippen molar-refractivity contribution < 1.29 is 4.79 Å². The van der Waals surface area contributed by atoms with Crippen molar-refractivity contribution in [3.63, 3.8) is 0 Å². The minimum atomic E-state index is -0.0432. The van der Waals surface area contributed by atoms with Crippen molar-refractivity contribution >= 4 is 41.5 Å². The highest BCUT2D eigenvalue weighted by atomic mass is 35.5. The average Bonchev–Trinajstić information content (AvgIpc) is 2.11. The summed E-state index contributed by atoms with van der Waals surface area (Å²) in [6.07, 6.45) is 0.327. The molecule has 1 aromatic carbocycles. The summed E-state index contributed by atoms with van der Waals surface area (Å²) in [5, 5.41) is 3.51. The van der Waals surface area contributed by atoms with Gasteiger partial charge in [0.25, 0.3) is 0 Å². The second kappa shape index (κ2) is 6.12. The van der Waals surface area contributed by atoms with Crippen LogP contribution in [0, 0.1) is 0 Å². The van der Waals surface area contributed by atoms with Crippen LogP contribution in [0.1, 0.15) is 5.56 Å². The number of halogens is 3. The van der Waals surface area contributed by atoms with Crippen molar-refractivity contribution in [1.82, 2.24) is 5.32 Å². The van der Waals surface area contributed by atoms with Crippen LogP contribution in [0.25, 0.3) is 0 Å². The molecule has 0 unspecified atom stereocenters. The highest BCUT2D eigenvalue weighted by Gasteiger charge is 2.03. The molecule has 0 aliphatic heterocycles. The lowest BCUT2D eigenvalue weighted by atomic mass is 10.1. The molecule has 5 heteroatoms. The Morgan fingerprint density at radius 3 is 2.50 bits per heavy atom. The SMILES string of the molecule is CNC(=O)Cc1ccc(Cl)c(Cl)c1.Cl. The Balaban J connectivity index is 0.00000169. The van der Waals surface area contributed by atoms with Crippen LogP contribution in [-0.2, 0) is 11.2 Å². The van der Waals surface area contributed by atoms with Gasteiger partial charge in [0, 0.05) is 7.05 Å². The first-order valence-electron chi connectivity index (χ1n) is 3.78. The van der Waals surface area contributed by atoms with E-state index in [-0.39, 0.29) is 18.3 Å². The minimum absolute atomic E-state index is 0. The fourth-order valence-corrected chi connectivity index (χ4v) is 1.24. The molecular formula is C9H10Cl3NO. The highest BCUT2D eigenvalue weighted by Crippen LogP contribution is 2.22. The zero-order valence-electron chi connectivity index (χ0n) is 7.51. The van der Waals surface area contributed by atoms with Gasteiger partial charge in [-0.25, -0.2) is 0 Å². The fraction of sp³-hybridized carbons (Fsp3) is 0.222. The molecule has 0 spiro atoms. The van der Waals surface area contributed by atoms with Gasteiger partial charge in [-0.3, -0.25) is 4.79 Å². The van der Waals surface area contributed by atoms with Gasteiger partial charge in [0.2, 0.25) is 5.91 Å². The number of hydrogen-bond donors (Lipinski definition) is 1. The van der Waals surface area contributed by atoms with E-state index in [1.165, 1.54) is 0 Å². The Bertz CT molecular complexity index is 328. The molecule has 0 fully saturated rings. The maximum atomic E-state index is 11.0. The van der Waals surface area contributed by atoms with Crippen molar-refractivity contribution in [2.45, 2.75) is 6.42 Å². The first-order chi connectivity index (χ1) is 6.13. The molecule has 1 aromatic rings. The van der Waals surface area contributed by atoms with Gasteiger partial charge in [0.05, 0.1) is 16.5 Å². The highest BCUT2D eigenvalue weighted by molar-refractivity contribution is 6.42. The predicted octanol–water partition coefficient (Wildman–Crippen LogP) is 2.70. The van der Waals surface area contributed by atoms with Gasteiger partial charge in [-0.1, -0.05) is 29.3 Å². The van der Waals surface area contributed by atoms with E-state index < -0.39 is 0 Å². The molecule has 2 nitrogen and oxygen atoms in total. The third kappa shape index (κ3) is 3.74. The van der Waals surface area contributed by atoms with Gasteiger partial charge < -0.3 is 5.32 Å². The van der Waals surface area contributed by atoms with Gasteiger partial charge in [-0.05, 0) is 17.7 Å². The lowest BCUT2D eigenvalue weighted by molar-refractivity contribution is -0.119. The molecular weight excluding hydrogens is 244 g/mol. The first kappa shape index (κ1) is 13.6. The van der Waals surface area contributed by atoms with E-state index in [0.717, 1.165) is 5.56 Å². The van der Waals surface area contributed by atoms with E-state index >= 15 is 0 Å². The summed E-state index contributed by atoms with van der Waals surface area (Å²) in [7, 11) is 1.60. The van der Waals surface area contributed by atoms with E-state index in [1.807, 2.05) is 0 Å². The number of benzene rings is 1. The molecule has 14 heavy (non-hydrogen) atoms. The number of likely N-dealkylation sites (N-methyl/N-ethyl adjacent to an activating group) is 1. The number of carbonyl (C=O) groups is 1. The molecule has 0 aromatic heterocycles. The van der Waals surface area contributed by atoms with E-state index in [9.17, 15) is 4.79 Å². The summed E-state index contributed by atoms with van der Waals surface area (Å²) in [6, 6.07) is 5.16. The van der Waals surface area contributed by atoms with Gasteiger partial charge in [-0.15, -0.1) is 12.4 Å². The maximum absolute atomic E-state index is 11.0. The van der Waals surface area contributed by atoms with Crippen LogP contribution in [-0.4, -0.2) is 13.0 Å². The standard InChI is InChI=1S/C9H9Cl2NO.ClH/c1-12-9(13)5-6-2-3-7(10)8(11)4-6;/h2-4H,5H2,1H3,(H,12,13);1H. The van der Waals surface area contributed by atoms with Gasteiger partial charge in [-0.2, -0.15) is 0 Å². The van der Waals surface area contributed by atoms with E-state index in [4.69, 9.17) is 23.2 Å². The summed E-state index contributed by atoms with van der Waals surface area (Å²) in [6.45, 7) is 0. The van der Waals surface area contributed by atoms with Crippen molar-refractivity contribution in [2.24, 2.45) is 0 Å². The maximum Gasteiger partial charge on any atom is 0.224 e. The van der Waals surface area contributed by atoms with Crippen LogP contribution in [0.4, 0.5) is 0 Å². The van der Waals surface area contributed by atoms with Crippen molar-refractivity contribution in [3.8, 4) is 0 Å². The molecule has 78 valence electrons. The minimum Gasteiger partial charge on any atom is -0.359 e. The summed E-state index contributed by atoms with van der Waals surface area (Å²) >= 11 is 11.5. The predicted molar refractivity (Wildman–Crippen MR) is 61.5 cm³/mol. The molecule has 1 rings (SSSR count). The van der Waals surface area contributed by atoms with Crippen LogP contribution in [0.3, 0.4) is 0 Å². The topological polar surface area (TPSA) is 29.1 Å². The number of hydrogen-bond acceptors (Lipinski definition) is 1. The Kier molecular flexibility index (Phi) is 5.93. The van der Waals surface area contributed by atoms with Gasteiger partial charge in [0.1, 0.15) is 0 Å². The third-order valence-electron chi connectivity index (χ3n) is 1.63. The van der Waals surface area contributed by atoms with Crippen molar-refractivity contribution in [2.75, 3.05) is 7.05 Å². The lowest BCUT2D eigenvalue weighted by Gasteiger charge is -2.01. The van der Waals surface area contributed by atoms with Crippen LogP contribution in [0.15, 0.2) is 18.2 Å². The molecule has 1 amide bonds. The van der Waals surface area contributed by atoms with Crippen molar-refractivity contribution in [1.29, 1.82) is 0 Å². The number of amides is 1. The molecule has 0 heterocycles. The van der Waals surface area contributed by atoms with Crippen LogP contribution >= 0.6 is 35.6 Å². The zero-order chi connectivity index (χ0) is 9.84. The Morgan fingerprint density at radius 1 is 1.36 bits per heavy atom. The molecule has 0 saturated carbocycles. The fourth-order valence-electron chi connectivity index (χ4n) is 0.923. The summed E-state index contributed by atoms with van der Waals surface area (Å²) in [5.41, 5.74) is 0.855. The summed E-state index contributed by atoms with van der Waals surface area (Å²) in [4.78, 5) is 11.0. The van der Waals surface area contributed by atoms with E-state index in [1.54, 1.807) is 25.2 Å². The van der Waals surface area contributed by atoms with Crippen LogP contribution < -0.4 is 5.32 Å². The normalized spacial score (nSPS) is 9.07. The second-order valence-electron chi connectivity index (χ2n) is 2.60. The molecule has 1 N–H and O–H groups in total. The van der Waals surface area contributed by atoms with Crippen LogP contribution in [0.5, 0.6) is 0 Å². The van der Waals surface area contributed by atoms with Gasteiger partial charge >= 0.3 is 0 Å². The number of rotatable bonds is 2. The molecule has 0 radical (unpaired) electrons. The Hall–Kier alpha value is -0.440. The first-order valence-corrected chi connectivity index (χ1v) is 4.53. The number of carbonyl (C=O) groups excluding carboxylic acids is 1. The van der Waals surface area contributed by atoms with Crippen molar-refractivity contribution in [3.05, 3.63) is 33.8 Å². The molecule has 0 saturated heterocycles. The van der Waals surface area contributed by atoms with E-state index in [0.29, 0.717) is 16.5 Å². The Labute approximate surface area is 99.0 Å². The largest absolute Gasteiger partial charge is 0.359 e. The smallest absolute Gasteiger partial charge is 0.224 e. The summed E-state index contributed by atoms with van der Waals surface area (Å²) < 4.78 is 0. The zero-order valence-corrected chi connectivity index (χ0v) is 9.84. The quantitative estimate of drug-likeness (QED) is 0.864. The molecule has 0 bridgehead atoms. The average molecular weight is 255 g/mol. The molecule has 0 atom stereocenters.